The third-order valence-electron chi connectivity index (χ3n) is 2.85. The van der Waals surface area contributed by atoms with Crippen LogP contribution in [0, 0.1) is 0 Å². The van der Waals surface area contributed by atoms with Crippen molar-refractivity contribution in [1.29, 1.82) is 0 Å². The van der Waals surface area contributed by atoms with E-state index in [1.54, 1.807) is 18.2 Å². The minimum atomic E-state index is -0.439. The van der Waals surface area contributed by atoms with Gasteiger partial charge < -0.3 is 14.5 Å². The highest BCUT2D eigenvalue weighted by Gasteiger charge is 2.12. The monoisotopic (exact) mass is 274 g/mol. The molecular weight excluding hydrogens is 260 g/mol. The van der Waals surface area contributed by atoms with Crippen LogP contribution in [0.3, 0.4) is 0 Å². The molecule has 0 atom stereocenters. The average Bonchev–Trinajstić information content (AvgIpc) is 2.49. The first-order valence-corrected chi connectivity index (χ1v) is 5.93. The third kappa shape index (κ3) is 2.85. The molecule has 0 unspecified atom stereocenters. The third-order valence-corrected chi connectivity index (χ3v) is 2.85. The second-order valence-corrected chi connectivity index (χ2v) is 4.06. The van der Waals surface area contributed by atoms with E-state index in [-0.39, 0.29) is 5.56 Å². The Morgan fingerprint density at radius 2 is 2.15 bits per heavy atom. The van der Waals surface area contributed by atoms with Gasteiger partial charge in [0.1, 0.15) is 11.4 Å². The second kappa shape index (κ2) is 6.01. The Morgan fingerprint density at radius 1 is 1.35 bits per heavy atom. The maximum atomic E-state index is 11.6. The van der Waals surface area contributed by atoms with Crippen molar-refractivity contribution in [2.24, 2.45) is 0 Å². The Kier molecular flexibility index (Phi) is 4.14. The SMILES string of the molecule is COC(=O)c1ccc(Cc2ncc[nH]c2=O)c(OC)c1. The molecule has 0 bridgehead atoms. The van der Waals surface area contributed by atoms with Gasteiger partial charge in [-0.25, -0.2) is 4.79 Å². The molecule has 0 saturated heterocycles. The van der Waals surface area contributed by atoms with Gasteiger partial charge >= 0.3 is 5.97 Å². The summed E-state index contributed by atoms with van der Waals surface area (Å²) in [5.74, 6) is 0.0727. The lowest BCUT2D eigenvalue weighted by Crippen LogP contribution is -2.14. The standard InChI is InChI=1S/C14H14N2O4/c1-19-12-8-10(14(18)20-2)4-3-9(12)7-11-13(17)16-6-5-15-11/h3-6,8H,7H2,1-2H3,(H,16,17). The van der Waals surface area contributed by atoms with E-state index in [9.17, 15) is 9.59 Å². The van der Waals surface area contributed by atoms with Gasteiger partial charge in [-0.15, -0.1) is 0 Å². The van der Waals surface area contributed by atoms with Gasteiger partial charge in [-0.2, -0.15) is 0 Å². The van der Waals surface area contributed by atoms with Crippen molar-refractivity contribution in [3.05, 3.63) is 57.8 Å². The number of aromatic amines is 1. The molecule has 0 spiro atoms. The van der Waals surface area contributed by atoms with Crippen molar-refractivity contribution < 1.29 is 14.3 Å². The van der Waals surface area contributed by atoms with E-state index in [2.05, 4.69) is 14.7 Å². The summed E-state index contributed by atoms with van der Waals surface area (Å²) in [6, 6.07) is 4.93. The van der Waals surface area contributed by atoms with Gasteiger partial charge in [-0.1, -0.05) is 6.07 Å². The molecule has 0 fully saturated rings. The molecule has 0 saturated carbocycles. The molecule has 2 rings (SSSR count). The number of ether oxygens (including phenoxy) is 2. The average molecular weight is 274 g/mol. The van der Waals surface area contributed by atoms with Crippen LogP contribution < -0.4 is 10.3 Å². The molecular formula is C14H14N2O4. The van der Waals surface area contributed by atoms with Gasteiger partial charge in [0.2, 0.25) is 0 Å². The van der Waals surface area contributed by atoms with Gasteiger partial charge in [0.15, 0.2) is 0 Å². The van der Waals surface area contributed by atoms with Gasteiger partial charge in [-0.05, 0) is 12.1 Å². The highest BCUT2D eigenvalue weighted by molar-refractivity contribution is 5.89. The van der Waals surface area contributed by atoms with Crippen LogP contribution in [0.1, 0.15) is 21.6 Å². The topological polar surface area (TPSA) is 81.3 Å². The minimum Gasteiger partial charge on any atom is -0.496 e. The lowest BCUT2D eigenvalue weighted by molar-refractivity contribution is 0.0600. The number of nitrogens with one attached hydrogen (secondary N) is 1. The summed E-state index contributed by atoms with van der Waals surface area (Å²) in [5.41, 5.74) is 1.30. The van der Waals surface area contributed by atoms with Gasteiger partial charge in [-0.3, -0.25) is 9.78 Å². The molecule has 6 nitrogen and oxygen atoms in total. The van der Waals surface area contributed by atoms with Crippen molar-refractivity contribution in [3.8, 4) is 5.75 Å². The zero-order chi connectivity index (χ0) is 14.5. The molecule has 1 N–H and O–H groups in total. The van der Waals surface area contributed by atoms with Crippen molar-refractivity contribution >= 4 is 5.97 Å². The first-order chi connectivity index (χ1) is 9.65. The van der Waals surface area contributed by atoms with Crippen LogP contribution in [0.25, 0.3) is 0 Å². The summed E-state index contributed by atoms with van der Waals surface area (Å²) in [4.78, 5) is 29.7. The molecule has 1 heterocycles. The molecule has 0 aliphatic heterocycles. The van der Waals surface area contributed by atoms with E-state index in [4.69, 9.17) is 4.74 Å². The van der Waals surface area contributed by atoms with Crippen molar-refractivity contribution in [2.45, 2.75) is 6.42 Å². The zero-order valence-corrected chi connectivity index (χ0v) is 11.2. The predicted octanol–water partition coefficient (Wildman–Crippen LogP) is 1.16. The highest BCUT2D eigenvalue weighted by Crippen LogP contribution is 2.22. The lowest BCUT2D eigenvalue weighted by atomic mass is 10.1. The number of hydrogen-bond donors (Lipinski definition) is 1. The fourth-order valence-corrected chi connectivity index (χ4v) is 1.82. The molecule has 6 heteroatoms. The Labute approximate surface area is 115 Å². The number of methoxy groups -OCH3 is 2. The molecule has 20 heavy (non-hydrogen) atoms. The Balaban J connectivity index is 2.35. The van der Waals surface area contributed by atoms with Crippen LogP contribution in [0.5, 0.6) is 5.75 Å². The summed E-state index contributed by atoms with van der Waals surface area (Å²) in [6.45, 7) is 0. The number of rotatable bonds is 4. The van der Waals surface area contributed by atoms with Crippen LogP contribution >= 0.6 is 0 Å². The fraction of sp³-hybridized carbons (Fsp3) is 0.214. The second-order valence-electron chi connectivity index (χ2n) is 4.06. The maximum absolute atomic E-state index is 11.6. The number of H-pyrrole nitrogens is 1. The Hall–Kier alpha value is -2.63. The summed E-state index contributed by atoms with van der Waals surface area (Å²) in [6.07, 6.45) is 3.32. The molecule has 0 aliphatic carbocycles. The first-order valence-electron chi connectivity index (χ1n) is 5.93. The number of carbonyl (C=O) groups is 1. The van der Waals surface area contributed by atoms with E-state index in [1.165, 1.54) is 26.6 Å². The van der Waals surface area contributed by atoms with Crippen LogP contribution in [-0.2, 0) is 11.2 Å². The quantitative estimate of drug-likeness (QED) is 0.846. The lowest BCUT2D eigenvalue weighted by Gasteiger charge is -2.09. The predicted molar refractivity (Wildman–Crippen MR) is 72.0 cm³/mol. The van der Waals surface area contributed by atoms with E-state index in [1.807, 2.05) is 0 Å². The van der Waals surface area contributed by atoms with E-state index in [0.29, 0.717) is 23.4 Å². The molecule has 0 radical (unpaired) electrons. The number of benzene rings is 1. The Bertz CT molecular complexity index is 679. The van der Waals surface area contributed by atoms with E-state index in [0.717, 1.165) is 5.56 Å². The number of aromatic nitrogens is 2. The Morgan fingerprint density at radius 3 is 2.80 bits per heavy atom. The molecule has 1 aromatic carbocycles. The van der Waals surface area contributed by atoms with Crippen LogP contribution in [0.15, 0.2) is 35.4 Å². The smallest absolute Gasteiger partial charge is 0.337 e. The summed E-state index contributed by atoms with van der Waals surface area (Å²) >= 11 is 0. The summed E-state index contributed by atoms with van der Waals surface area (Å²) in [7, 11) is 2.82. The van der Waals surface area contributed by atoms with Crippen LogP contribution in [0.2, 0.25) is 0 Å². The first kappa shape index (κ1) is 13.8. The normalized spacial score (nSPS) is 10.1. The molecule has 2 aromatic rings. The van der Waals surface area contributed by atoms with Crippen molar-refractivity contribution in [1.82, 2.24) is 9.97 Å². The van der Waals surface area contributed by atoms with Crippen LogP contribution in [0.4, 0.5) is 0 Å². The molecule has 0 amide bonds. The highest BCUT2D eigenvalue weighted by atomic mass is 16.5. The molecule has 0 aliphatic rings. The van der Waals surface area contributed by atoms with E-state index >= 15 is 0 Å². The fourth-order valence-electron chi connectivity index (χ4n) is 1.82. The van der Waals surface area contributed by atoms with Crippen LogP contribution in [-0.4, -0.2) is 30.2 Å². The summed E-state index contributed by atoms with van der Waals surface area (Å²) < 4.78 is 9.90. The largest absolute Gasteiger partial charge is 0.496 e. The number of hydrogen-bond acceptors (Lipinski definition) is 5. The van der Waals surface area contributed by atoms with Crippen molar-refractivity contribution in [2.75, 3.05) is 14.2 Å². The van der Waals surface area contributed by atoms with Crippen molar-refractivity contribution in [3.63, 3.8) is 0 Å². The van der Waals surface area contributed by atoms with Gasteiger partial charge in [0.05, 0.1) is 19.8 Å². The number of carbonyl (C=O) groups excluding carboxylic acids is 1. The molecule has 104 valence electrons. The summed E-state index contributed by atoms with van der Waals surface area (Å²) in [5, 5.41) is 0. The van der Waals surface area contributed by atoms with Gasteiger partial charge in [0.25, 0.3) is 5.56 Å². The minimum absolute atomic E-state index is 0.244. The zero-order valence-electron chi connectivity index (χ0n) is 11.2. The molecule has 1 aromatic heterocycles. The maximum Gasteiger partial charge on any atom is 0.337 e. The van der Waals surface area contributed by atoms with E-state index < -0.39 is 5.97 Å². The number of esters is 1. The van der Waals surface area contributed by atoms with Gasteiger partial charge in [0, 0.05) is 24.4 Å². The number of nitrogens with zero attached hydrogens (tertiary/aromatic N) is 1.